The number of aromatic nitrogens is 1. The Morgan fingerprint density at radius 1 is 1.14 bits per heavy atom. The minimum absolute atomic E-state index is 0.201. The van der Waals surface area contributed by atoms with Gasteiger partial charge in [-0.05, 0) is 48.1 Å². The lowest BCUT2D eigenvalue weighted by Gasteiger charge is -2.34. The quantitative estimate of drug-likeness (QED) is 0.502. The van der Waals surface area contributed by atoms with Crippen LogP contribution in [0.3, 0.4) is 0 Å². The maximum Gasteiger partial charge on any atom is 0.227 e. The average molecular weight is 446 g/mol. The van der Waals surface area contributed by atoms with Gasteiger partial charge in [0.25, 0.3) is 0 Å². The molecule has 0 N–H and O–H groups in total. The standard InChI is InChI=1S/C22H24ClN3OS2/c1-3-28-17-6-4-16(5-7-17)14-20(27)25-10-12-26(13-11-25)22-24-21-15(2)18(23)8-9-19(21)29-22/h4-9H,3,10-14H2,1-2H3. The van der Waals surface area contributed by atoms with Crippen molar-refractivity contribution in [2.45, 2.75) is 25.2 Å². The van der Waals surface area contributed by atoms with Gasteiger partial charge in [-0.1, -0.05) is 42.0 Å². The van der Waals surface area contributed by atoms with E-state index in [1.54, 1.807) is 11.3 Å². The lowest BCUT2D eigenvalue weighted by Crippen LogP contribution is -2.49. The van der Waals surface area contributed by atoms with E-state index in [0.717, 1.165) is 63.4 Å². The van der Waals surface area contributed by atoms with E-state index in [1.165, 1.54) is 4.90 Å². The van der Waals surface area contributed by atoms with E-state index in [4.69, 9.17) is 16.6 Å². The zero-order valence-electron chi connectivity index (χ0n) is 16.7. The fourth-order valence-corrected chi connectivity index (χ4v) is 5.42. The molecule has 0 atom stereocenters. The summed E-state index contributed by atoms with van der Waals surface area (Å²) in [6.07, 6.45) is 0.468. The van der Waals surface area contributed by atoms with E-state index in [1.807, 2.05) is 35.7 Å². The van der Waals surface area contributed by atoms with Crippen LogP contribution in [0.5, 0.6) is 0 Å². The molecule has 0 bridgehead atoms. The fourth-order valence-electron chi connectivity index (χ4n) is 3.53. The molecule has 29 heavy (non-hydrogen) atoms. The maximum absolute atomic E-state index is 12.7. The summed E-state index contributed by atoms with van der Waals surface area (Å²) in [4.78, 5) is 23.0. The Bertz CT molecular complexity index is 1010. The Kier molecular flexibility index (Phi) is 6.32. The molecule has 0 unspecified atom stereocenters. The third kappa shape index (κ3) is 4.55. The molecular weight excluding hydrogens is 422 g/mol. The number of carbonyl (C=O) groups excluding carboxylic acids is 1. The van der Waals surface area contributed by atoms with Crippen LogP contribution in [0, 0.1) is 6.92 Å². The molecule has 1 aromatic heterocycles. The second-order valence-corrected chi connectivity index (χ2v) is 9.89. The molecule has 0 saturated carbocycles. The molecule has 1 aliphatic heterocycles. The van der Waals surface area contributed by atoms with Gasteiger partial charge in [0.05, 0.1) is 16.6 Å². The van der Waals surface area contributed by atoms with Gasteiger partial charge in [0.15, 0.2) is 5.13 Å². The van der Waals surface area contributed by atoms with E-state index in [2.05, 4.69) is 36.1 Å². The summed E-state index contributed by atoms with van der Waals surface area (Å²) < 4.78 is 1.16. The highest BCUT2D eigenvalue weighted by Gasteiger charge is 2.23. The number of thiazole rings is 1. The number of nitrogens with zero attached hydrogens (tertiary/aromatic N) is 3. The molecule has 4 rings (SSSR count). The molecule has 0 spiro atoms. The number of rotatable bonds is 5. The maximum atomic E-state index is 12.7. The van der Waals surface area contributed by atoms with Crippen LogP contribution in [-0.4, -0.2) is 47.7 Å². The molecule has 0 aliphatic carbocycles. The Hall–Kier alpha value is -1.76. The molecule has 7 heteroatoms. The first-order valence-electron chi connectivity index (χ1n) is 9.85. The van der Waals surface area contributed by atoms with Gasteiger partial charge in [0, 0.05) is 36.1 Å². The van der Waals surface area contributed by atoms with Crippen LogP contribution < -0.4 is 4.90 Å². The van der Waals surface area contributed by atoms with Gasteiger partial charge in [-0.3, -0.25) is 4.79 Å². The zero-order chi connectivity index (χ0) is 20.4. The van der Waals surface area contributed by atoms with Gasteiger partial charge in [-0.15, -0.1) is 11.8 Å². The Balaban J connectivity index is 1.36. The first kappa shape index (κ1) is 20.5. The second kappa shape index (κ2) is 8.94. The van der Waals surface area contributed by atoms with Crippen LogP contribution in [0.25, 0.3) is 10.2 Å². The number of aryl methyl sites for hydroxylation is 1. The smallest absolute Gasteiger partial charge is 0.227 e. The van der Waals surface area contributed by atoms with E-state index in [-0.39, 0.29) is 5.91 Å². The average Bonchev–Trinajstić information content (AvgIpc) is 3.18. The highest BCUT2D eigenvalue weighted by Crippen LogP contribution is 2.33. The number of amides is 1. The minimum atomic E-state index is 0.201. The first-order valence-corrected chi connectivity index (χ1v) is 12.0. The number of fused-ring (bicyclic) bond motifs is 1. The Labute approximate surface area is 184 Å². The number of halogens is 1. The van der Waals surface area contributed by atoms with Crippen LogP contribution >= 0.6 is 34.7 Å². The third-order valence-corrected chi connectivity index (χ3v) is 7.61. The molecule has 2 heterocycles. The molecule has 1 fully saturated rings. The highest BCUT2D eigenvalue weighted by molar-refractivity contribution is 7.99. The van der Waals surface area contributed by atoms with E-state index >= 15 is 0 Å². The lowest BCUT2D eigenvalue weighted by molar-refractivity contribution is -0.130. The molecular formula is C22H24ClN3OS2. The monoisotopic (exact) mass is 445 g/mol. The van der Waals surface area contributed by atoms with E-state index in [0.29, 0.717) is 6.42 Å². The fraction of sp³-hybridized carbons (Fsp3) is 0.364. The lowest BCUT2D eigenvalue weighted by atomic mass is 10.1. The molecule has 0 radical (unpaired) electrons. The molecule has 1 aliphatic rings. The van der Waals surface area contributed by atoms with Gasteiger partial charge >= 0.3 is 0 Å². The molecule has 1 saturated heterocycles. The van der Waals surface area contributed by atoms with Crippen molar-refractivity contribution in [1.82, 2.24) is 9.88 Å². The Morgan fingerprint density at radius 2 is 1.86 bits per heavy atom. The topological polar surface area (TPSA) is 36.4 Å². The molecule has 2 aromatic carbocycles. The number of anilines is 1. The number of carbonyl (C=O) groups is 1. The van der Waals surface area contributed by atoms with Crippen molar-refractivity contribution >= 4 is 56.0 Å². The number of piperazine rings is 1. The predicted molar refractivity (Wildman–Crippen MR) is 125 cm³/mol. The van der Waals surface area contributed by atoms with E-state index in [9.17, 15) is 4.79 Å². The van der Waals surface area contributed by atoms with Crippen LogP contribution in [0.2, 0.25) is 5.02 Å². The largest absolute Gasteiger partial charge is 0.345 e. The van der Waals surface area contributed by atoms with Gasteiger partial charge < -0.3 is 9.80 Å². The molecule has 1 amide bonds. The minimum Gasteiger partial charge on any atom is -0.345 e. The summed E-state index contributed by atoms with van der Waals surface area (Å²) in [7, 11) is 0. The van der Waals surface area contributed by atoms with Crippen LogP contribution in [0.15, 0.2) is 41.3 Å². The number of hydrogen-bond acceptors (Lipinski definition) is 5. The SMILES string of the molecule is CCSc1ccc(CC(=O)N2CCN(c3nc4c(C)c(Cl)ccc4s3)CC2)cc1. The van der Waals surface area contributed by atoms with Crippen LogP contribution in [0.1, 0.15) is 18.1 Å². The number of hydrogen-bond donors (Lipinski definition) is 0. The first-order chi connectivity index (χ1) is 14.0. The summed E-state index contributed by atoms with van der Waals surface area (Å²) >= 11 is 9.75. The van der Waals surface area contributed by atoms with Gasteiger partial charge in [-0.2, -0.15) is 0 Å². The van der Waals surface area contributed by atoms with Crippen LogP contribution in [-0.2, 0) is 11.2 Å². The van der Waals surface area contributed by atoms with Crippen molar-refractivity contribution in [3.05, 3.63) is 52.5 Å². The molecule has 4 nitrogen and oxygen atoms in total. The van der Waals surface area contributed by atoms with Crippen molar-refractivity contribution in [3.63, 3.8) is 0 Å². The highest BCUT2D eigenvalue weighted by atomic mass is 35.5. The van der Waals surface area contributed by atoms with E-state index < -0.39 is 0 Å². The Morgan fingerprint density at radius 3 is 2.55 bits per heavy atom. The summed E-state index contributed by atoms with van der Waals surface area (Å²) in [6, 6.07) is 12.3. The predicted octanol–water partition coefficient (Wildman–Crippen LogP) is 5.26. The number of thioether (sulfide) groups is 1. The summed E-state index contributed by atoms with van der Waals surface area (Å²) in [6.45, 7) is 7.25. The molecule has 3 aromatic rings. The van der Waals surface area contributed by atoms with Gasteiger partial charge in [0.1, 0.15) is 0 Å². The van der Waals surface area contributed by atoms with Crippen molar-refractivity contribution in [1.29, 1.82) is 0 Å². The van der Waals surface area contributed by atoms with Crippen molar-refractivity contribution < 1.29 is 4.79 Å². The number of benzene rings is 2. The summed E-state index contributed by atoms with van der Waals surface area (Å²) in [5.41, 5.74) is 3.10. The van der Waals surface area contributed by atoms with Crippen molar-refractivity contribution in [3.8, 4) is 0 Å². The van der Waals surface area contributed by atoms with Crippen molar-refractivity contribution in [2.24, 2.45) is 0 Å². The summed E-state index contributed by atoms with van der Waals surface area (Å²) in [5.74, 6) is 1.26. The van der Waals surface area contributed by atoms with Crippen molar-refractivity contribution in [2.75, 3.05) is 36.8 Å². The second-order valence-electron chi connectivity index (χ2n) is 7.14. The third-order valence-electron chi connectivity index (χ3n) is 5.23. The van der Waals surface area contributed by atoms with Gasteiger partial charge in [0.2, 0.25) is 5.91 Å². The van der Waals surface area contributed by atoms with Crippen LogP contribution in [0.4, 0.5) is 5.13 Å². The molecule has 152 valence electrons. The zero-order valence-corrected chi connectivity index (χ0v) is 19.0. The summed E-state index contributed by atoms with van der Waals surface area (Å²) in [5, 5.41) is 1.77. The van der Waals surface area contributed by atoms with Gasteiger partial charge in [-0.25, -0.2) is 4.98 Å². The normalized spacial score (nSPS) is 14.6.